The number of nitrogens with one attached hydrogen (secondary N) is 2. The average molecular weight is 392 g/mol. The number of nitro groups is 1. The van der Waals surface area contributed by atoms with Crippen molar-refractivity contribution in [2.75, 3.05) is 14.1 Å². The van der Waals surface area contributed by atoms with Crippen molar-refractivity contribution in [1.82, 2.24) is 15.2 Å². The van der Waals surface area contributed by atoms with Gasteiger partial charge in [0, 0.05) is 37.4 Å². The number of non-ortho nitro benzene ring substituents is 1. The molecule has 0 saturated carbocycles. The molecule has 0 spiro atoms. The van der Waals surface area contributed by atoms with E-state index in [4.69, 9.17) is 0 Å². The van der Waals surface area contributed by atoms with E-state index in [-0.39, 0.29) is 21.7 Å². The summed E-state index contributed by atoms with van der Waals surface area (Å²) in [5.74, 6) is -1.42. The van der Waals surface area contributed by atoms with Gasteiger partial charge in [0.25, 0.3) is 17.5 Å². The van der Waals surface area contributed by atoms with Gasteiger partial charge in [0.05, 0.1) is 9.82 Å². The Morgan fingerprint density at radius 3 is 2.04 bits per heavy atom. The molecule has 0 atom stereocenters. The van der Waals surface area contributed by atoms with Gasteiger partial charge in [-0.1, -0.05) is 6.07 Å². The Morgan fingerprint density at radius 2 is 1.52 bits per heavy atom. The van der Waals surface area contributed by atoms with Crippen LogP contribution >= 0.6 is 0 Å². The second-order valence-electron chi connectivity index (χ2n) is 5.53. The van der Waals surface area contributed by atoms with Gasteiger partial charge in [-0.05, 0) is 30.3 Å². The van der Waals surface area contributed by atoms with Gasteiger partial charge in [0.15, 0.2) is 0 Å². The molecule has 27 heavy (non-hydrogen) atoms. The Kier molecular flexibility index (Phi) is 5.88. The van der Waals surface area contributed by atoms with E-state index in [9.17, 15) is 28.1 Å². The molecule has 0 aliphatic rings. The van der Waals surface area contributed by atoms with Crippen LogP contribution in [0.4, 0.5) is 5.69 Å². The van der Waals surface area contributed by atoms with Crippen LogP contribution < -0.4 is 10.9 Å². The SMILES string of the molecule is CN(C)S(=O)(=O)c1ccc(C(=O)NNC(=O)c2cccc([N+](=O)[O-])c2)cc1. The summed E-state index contributed by atoms with van der Waals surface area (Å²) >= 11 is 0. The molecule has 0 unspecified atom stereocenters. The van der Waals surface area contributed by atoms with Gasteiger partial charge >= 0.3 is 0 Å². The minimum atomic E-state index is -3.62. The summed E-state index contributed by atoms with van der Waals surface area (Å²) < 4.78 is 25.0. The lowest BCUT2D eigenvalue weighted by Crippen LogP contribution is -2.41. The second kappa shape index (κ2) is 7.93. The van der Waals surface area contributed by atoms with Gasteiger partial charge in [-0.3, -0.25) is 30.6 Å². The van der Waals surface area contributed by atoms with Gasteiger partial charge < -0.3 is 0 Å². The van der Waals surface area contributed by atoms with E-state index < -0.39 is 26.8 Å². The molecular weight excluding hydrogens is 376 g/mol. The van der Waals surface area contributed by atoms with Crippen molar-refractivity contribution >= 4 is 27.5 Å². The predicted octanol–water partition coefficient (Wildman–Crippen LogP) is 0.920. The maximum absolute atomic E-state index is 12.1. The lowest BCUT2D eigenvalue weighted by Gasteiger charge is -2.12. The first-order valence-corrected chi connectivity index (χ1v) is 8.94. The first-order valence-electron chi connectivity index (χ1n) is 7.50. The maximum atomic E-state index is 12.1. The second-order valence-corrected chi connectivity index (χ2v) is 7.68. The highest BCUT2D eigenvalue weighted by Crippen LogP contribution is 2.14. The molecule has 11 heteroatoms. The van der Waals surface area contributed by atoms with Crippen LogP contribution in [-0.4, -0.2) is 43.6 Å². The number of nitro benzene ring substituents is 1. The summed E-state index contributed by atoms with van der Waals surface area (Å²) in [7, 11) is -0.839. The lowest BCUT2D eigenvalue weighted by molar-refractivity contribution is -0.384. The van der Waals surface area contributed by atoms with E-state index in [0.29, 0.717) is 0 Å². The third kappa shape index (κ3) is 4.65. The summed E-state index contributed by atoms with van der Waals surface area (Å²) in [6.45, 7) is 0. The molecule has 0 aliphatic heterocycles. The van der Waals surface area contributed by atoms with Crippen LogP contribution in [0.2, 0.25) is 0 Å². The zero-order chi connectivity index (χ0) is 20.2. The van der Waals surface area contributed by atoms with Crippen LogP contribution in [-0.2, 0) is 10.0 Å². The summed E-state index contributed by atoms with van der Waals surface area (Å²) in [5, 5.41) is 10.7. The normalized spacial score (nSPS) is 11.1. The highest BCUT2D eigenvalue weighted by Gasteiger charge is 2.18. The van der Waals surface area contributed by atoms with Crippen molar-refractivity contribution < 1.29 is 22.9 Å². The maximum Gasteiger partial charge on any atom is 0.270 e. The first-order chi connectivity index (χ1) is 12.6. The fourth-order valence-corrected chi connectivity index (χ4v) is 2.91. The average Bonchev–Trinajstić information content (AvgIpc) is 2.65. The fourth-order valence-electron chi connectivity index (χ4n) is 2.01. The molecule has 2 N–H and O–H groups in total. The number of carbonyl (C=O) groups is 2. The van der Waals surface area contributed by atoms with Gasteiger partial charge in [-0.2, -0.15) is 0 Å². The molecular formula is C16H16N4O6S. The Morgan fingerprint density at radius 1 is 0.963 bits per heavy atom. The van der Waals surface area contributed by atoms with E-state index in [2.05, 4.69) is 10.9 Å². The third-order valence-corrected chi connectivity index (χ3v) is 5.33. The molecule has 0 aromatic heterocycles. The predicted molar refractivity (Wildman–Crippen MR) is 95.3 cm³/mol. The van der Waals surface area contributed by atoms with Crippen LogP contribution in [0.3, 0.4) is 0 Å². The zero-order valence-corrected chi connectivity index (χ0v) is 15.2. The van der Waals surface area contributed by atoms with Crippen LogP contribution in [0.25, 0.3) is 0 Å². The standard InChI is InChI=1S/C16H16N4O6S/c1-19(2)27(25,26)14-8-6-11(7-9-14)15(21)17-18-16(22)12-4-3-5-13(10-12)20(23)24/h3-10H,1-2H3,(H,17,21)(H,18,22). The summed E-state index contributed by atoms with van der Waals surface area (Å²) in [6, 6.07) is 10.1. The van der Waals surface area contributed by atoms with Gasteiger partial charge in [-0.25, -0.2) is 12.7 Å². The molecule has 0 aliphatic carbocycles. The highest BCUT2D eigenvalue weighted by molar-refractivity contribution is 7.89. The summed E-state index contributed by atoms with van der Waals surface area (Å²) in [6.07, 6.45) is 0. The van der Waals surface area contributed by atoms with Crippen molar-refractivity contribution in [2.24, 2.45) is 0 Å². The van der Waals surface area contributed by atoms with E-state index in [0.717, 1.165) is 10.4 Å². The number of sulfonamides is 1. The smallest absolute Gasteiger partial charge is 0.267 e. The minimum Gasteiger partial charge on any atom is -0.267 e. The number of hydrazine groups is 1. The van der Waals surface area contributed by atoms with E-state index >= 15 is 0 Å². The third-order valence-electron chi connectivity index (χ3n) is 3.50. The molecule has 2 aromatic rings. The molecule has 0 radical (unpaired) electrons. The Labute approximate surface area is 155 Å². The number of hydrogen-bond acceptors (Lipinski definition) is 6. The minimum absolute atomic E-state index is 0.00285. The Hall–Kier alpha value is -3.31. The molecule has 2 rings (SSSR count). The van der Waals surface area contributed by atoms with Gasteiger partial charge in [0.2, 0.25) is 10.0 Å². The molecule has 0 fully saturated rings. The molecule has 142 valence electrons. The Balaban J connectivity index is 2.04. The van der Waals surface area contributed by atoms with Crippen LogP contribution in [0, 0.1) is 10.1 Å². The number of carbonyl (C=O) groups excluding carboxylic acids is 2. The molecule has 0 heterocycles. The molecule has 2 aromatic carbocycles. The largest absolute Gasteiger partial charge is 0.270 e. The Bertz CT molecular complexity index is 986. The zero-order valence-electron chi connectivity index (χ0n) is 14.4. The number of rotatable bonds is 5. The van der Waals surface area contributed by atoms with Crippen LogP contribution in [0.1, 0.15) is 20.7 Å². The number of nitrogens with zero attached hydrogens (tertiary/aromatic N) is 2. The topological polar surface area (TPSA) is 139 Å². The number of benzene rings is 2. The lowest BCUT2D eigenvalue weighted by atomic mass is 10.2. The van der Waals surface area contributed by atoms with E-state index in [1.165, 1.54) is 56.6 Å². The van der Waals surface area contributed by atoms with Crippen molar-refractivity contribution in [1.29, 1.82) is 0 Å². The van der Waals surface area contributed by atoms with Gasteiger partial charge in [-0.15, -0.1) is 0 Å². The monoisotopic (exact) mass is 392 g/mol. The molecule has 0 bridgehead atoms. The van der Waals surface area contributed by atoms with E-state index in [1.807, 2.05) is 0 Å². The van der Waals surface area contributed by atoms with Crippen LogP contribution in [0.5, 0.6) is 0 Å². The van der Waals surface area contributed by atoms with Crippen molar-refractivity contribution in [2.45, 2.75) is 4.90 Å². The van der Waals surface area contributed by atoms with Crippen molar-refractivity contribution in [3.05, 3.63) is 69.8 Å². The molecule has 0 saturated heterocycles. The van der Waals surface area contributed by atoms with Gasteiger partial charge in [0.1, 0.15) is 0 Å². The quantitative estimate of drug-likeness (QED) is 0.573. The van der Waals surface area contributed by atoms with Crippen molar-refractivity contribution in [3.8, 4) is 0 Å². The summed E-state index contributed by atoms with van der Waals surface area (Å²) in [5.41, 5.74) is 4.15. The number of amides is 2. The van der Waals surface area contributed by atoms with Crippen LogP contribution in [0.15, 0.2) is 53.4 Å². The van der Waals surface area contributed by atoms with Crippen molar-refractivity contribution in [3.63, 3.8) is 0 Å². The molecule has 10 nitrogen and oxygen atoms in total. The first kappa shape index (κ1) is 20.0. The summed E-state index contributed by atoms with van der Waals surface area (Å²) in [4.78, 5) is 34.1. The van der Waals surface area contributed by atoms with E-state index in [1.54, 1.807) is 0 Å². The highest BCUT2D eigenvalue weighted by atomic mass is 32.2. The number of hydrogen-bond donors (Lipinski definition) is 2. The molecule has 2 amide bonds. The fraction of sp³-hybridized carbons (Fsp3) is 0.125.